The predicted molar refractivity (Wildman–Crippen MR) is 148 cm³/mol. The molecule has 0 spiro atoms. The number of amides is 2. The third-order valence-corrected chi connectivity index (χ3v) is 6.47. The predicted octanol–water partition coefficient (Wildman–Crippen LogP) is 5.74. The van der Waals surface area contributed by atoms with E-state index in [4.69, 9.17) is 9.47 Å². The molecule has 0 radical (unpaired) electrons. The Labute approximate surface area is 226 Å². The van der Waals surface area contributed by atoms with Gasteiger partial charge < -0.3 is 24.8 Å². The van der Waals surface area contributed by atoms with Crippen molar-refractivity contribution in [1.82, 2.24) is 14.7 Å². The lowest BCUT2D eigenvalue weighted by molar-refractivity contribution is -0.116. The SMILES string of the molecule is Cc1cc(NC(=O)CCCC2CCN(C(=O)OC(C)(C)C)CC2)nn1Cc1cc(O)ccc1OCC(C)C. The number of rotatable bonds is 10. The van der Waals surface area contributed by atoms with Crippen LogP contribution in [-0.2, 0) is 16.1 Å². The van der Waals surface area contributed by atoms with Crippen molar-refractivity contribution < 1.29 is 24.2 Å². The van der Waals surface area contributed by atoms with Gasteiger partial charge >= 0.3 is 6.09 Å². The number of likely N-dealkylation sites (tertiary alicyclic amines) is 1. The van der Waals surface area contributed by atoms with Gasteiger partial charge in [-0.1, -0.05) is 13.8 Å². The summed E-state index contributed by atoms with van der Waals surface area (Å²) in [4.78, 5) is 26.6. The number of carbonyl (C=O) groups excluding carboxylic acids is 2. The van der Waals surface area contributed by atoms with Crippen molar-refractivity contribution in [2.75, 3.05) is 25.0 Å². The number of hydrogen-bond acceptors (Lipinski definition) is 6. The first-order valence-corrected chi connectivity index (χ1v) is 13.7. The smallest absolute Gasteiger partial charge is 0.410 e. The van der Waals surface area contributed by atoms with Gasteiger partial charge in [-0.2, -0.15) is 5.10 Å². The Morgan fingerprint density at radius 2 is 1.89 bits per heavy atom. The highest BCUT2D eigenvalue weighted by Crippen LogP contribution is 2.26. The molecule has 0 saturated carbocycles. The molecule has 1 aliphatic rings. The molecular formula is C29H44N4O5. The minimum Gasteiger partial charge on any atom is -0.508 e. The lowest BCUT2D eigenvalue weighted by atomic mass is 9.91. The van der Waals surface area contributed by atoms with Gasteiger partial charge in [0.2, 0.25) is 5.91 Å². The third-order valence-electron chi connectivity index (χ3n) is 6.47. The van der Waals surface area contributed by atoms with E-state index >= 15 is 0 Å². The number of aromatic nitrogens is 2. The van der Waals surface area contributed by atoms with E-state index in [9.17, 15) is 14.7 Å². The Balaban J connectivity index is 1.44. The van der Waals surface area contributed by atoms with Crippen molar-refractivity contribution in [1.29, 1.82) is 0 Å². The van der Waals surface area contributed by atoms with Gasteiger partial charge in [-0.15, -0.1) is 0 Å². The molecule has 210 valence electrons. The Morgan fingerprint density at radius 1 is 1.18 bits per heavy atom. The molecule has 0 aliphatic carbocycles. The van der Waals surface area contributed by atoms with Gasteiger partial charge in [-0.05, 0) is 83.4 Å². The summed E-state index contributed by atoms with van der Waals surface area (Å²) >= 11 is 0. The first-order chi connectivity index (χ1) is 17.9. The Hall–Kier alpha value is -3.23. The molecule has 9 heteroatoms. The van der Waals surface area contributed by atoms with E-state index < -0.39 is 5.60 Å². The minimum absolute atomic E-state index is 0.0563. The summed E-state index contributed by atoms with van der Waals surface area (Å²) in [6.07, 6.45) is 3.80. The maximum Gasteiger partial charge on any atom is 0.410 e. The van der Waals surface area contributed by atoms with Gasteiger partial charge in [0, 0.05) is 36.8 Å². The van der Waals surface area contributed by atoms with Gasteiger partial charge in [0.15, 0.2) is 5.82 Å². The van der Waals surface area contributed by atoms with Crippen molar-refractivity contribution in [3.63, 3.8) is 0 Å². The van der Waals surface area contributed by atoms with Gasteiger partial charge in [0.05, 0.1) is 13.2 Å². The molecular weight excluding hydrogens is 484 g/mol. The highest BCUT2D eigenvalue weighted by atomic mass is 16.6. The summed E-state index contributed by atoms with van der Waals surface area (Å²) in [5, 5.41) is 17.4. The van der Waals surface area contributed by atoms with Crippen LogP contribution in [-0.4, -0.2) is 57.1 Å². The van der Waals surface area contributed by atoms with Crippen molar-refractivity contribution in [2.45, 2.75) is 85.8 Å². The van der Waals surface area contributed by atoms with Gasteiger partial charge in [0.25, 0.3) is 0 Å². The Morgan fingerprint density at radius 3 is 2.55 bits per heavy atom. The van der Waals surface area contributed by atoms with E-state index in [1.54, 1.807) is 27.8 Å². The lowest BCUT2D eigenvalue weighted by Gasteiger charge is -2.33. The van der Waals surface area contributed by atoms with Crippen LogP contribution in [0.15, 0.2) is 24.3 Å². The summed E-state index contributed by atoms with van der Waals surface area (Å²) in [6, 6.07) is 6.93. The summed E-state index contributed by atoms with van der Waals surface area (Å²) < 4.78 is 13.2. The number of piperidine rings is 1. The second-order valence-corrected chi connectivity index (χ2v) is 11.7. The number of aryl methyl sites for hydroxylation is 1. The van der Waals surface area contributed by atoms with Crippen LogP contribution >= 0.6 is 0 Å². The van der Waals surface area contributed by atoms with Crippen molar-refractivity contribution in [3.8, 4) is 11.5 Å². The number of anilines is 1. The third kappa shape index (κ3) is 9.26. The number of carbonyl (C=O) groups is 2. The van der Waals surface area contributed by atoms with E-state index in [0.29, 0.717) is 56.1 Å². The zero-order chi connectivity index (χ0) is 27.9. The largest absolute Gasteiger partial charge is 0.508 e. The first-order valence-electron chi connectivity index (χ1n) is 13.7. The summed E-state index contributed by atoms with van der Waals surface area (Å²) in [5.41, 5.74) is 1.24. The molecule has 1 aromatic carbocycles. The number of phenols is 1. The van der Waals surface area contributed by atoms with Crippen LogP contribution in [0.2, 0.25) is 0 Å². The maximum absolute atomic E-state index is 12.6. The second kappa shape index (κ2) is 13.0. The topological polar surface area (TPSA) is 106 Å². The molecule has 2 aromatic rings. The van der Waals surface area contributed by atoms with Crippen molar-refractivity contribution in [2.24, 2.45) is 11.8 Å². The fraction of sp³-hybridized carbons (Fsp3) is 0.621. The Bertz CT molecular complexity index is 1080. The van der Waals surface area contributed by atoms with Crippen LogP contribution in [0.1, 0.15) is 78.0 Å². The normalized spacial score (nSPS) is 14.6. The molecule has 2 heterocycles. The standard InChI is InChI=1S/C29H44N4O5/c1-20(2)19-37-25-11-10-24(34)17-23(25)18-33-21(3)16-26(31-33)30-27(35)9-7-8-22-12-14-32(15-13-22)28(36)38-29(4,5)6/h10-11,16-17,20,22,34H,7-9,12-15,18-19H2,1-6H3,(H,30,31,35). The summed E-state index contributed by atoms with van der Waals surface area (Å²) in [7, 11) is 0. The monoisotopic (exact) mass is 528 g/mol. The van der Waals surface area contributed by atoms with Crippen LogP contribution in [0, 0.1) is 18.8 Å². The number of ether oxygens (including phenoxy) is 2. The lowest BCUT2D eigenvalue weighted by Crippen LogP contribution is -2.41. The molecule has 0 unspecified atom stereocenters. The molecule has 38 heavy (non-hydrogen) atoms. The van der Waals surface area contributed by atoms with Crippen LogP contribution in [0.4, 0.5) is 10.6 Å². The molecule has 2 N–H and O–H groups in total. The number of hydrogen-bond donors (Lipinski definition) is 2. The molecule has 0 atom stereocenters. The quantitative estimate of drug-likeness (QED) is 0.408. The average Bonchev–Trinajstić information content (AvgIpc) is 3.16. The number of aromatic hydroxyl groups is 1. The van der Waals surface area contributed by atoms with Crippen molar-refractivity contribution >= 4 is 17.8 Å². The van der Waals surface area contributed by atoms with Crippen LogP contribution in [0.5, 0.6) is 11.5 Å². The number of nitrogens with zero attached hydrogens (tertiary/aromatic N) is 3. The first kappa shape index (κ1) is 29.3. The zero-order valence-corrected chi connectivity index (χ0v) is 23.7. The van der Waals surface area contributed by atoms with E-state index in [2.05, 4.69) is 24.3 Å². The summed E-state index contributed by atoms with van der Waals surface area (Å²) in [5.74, 6) is 2.24. The molecule has 1 saturated heterocycles. The van der Waals surface area contributed by atoms with E-state index in [0.717, 1.165) is 36.9 Å². The fourth-order valence-electron chi connectivity index (χ4n) is 4.47. The fourth-order valence-corrected chi connectivity index (χ4v) is 4.47. The molecule has 9 nitrogen and oxygen atoms in total. The van der Waals surface area contributed by atoms with Crippen molar-refractivity contribution in [3.05, 3.63) is 35.5 Å². The van der Waals surface area contributed by atoms with E-state index in [1.807, 2.05) is 33.8 Å². The molecule has 0 bridgehead atoms. The van der Waals surface area contributed by atoms with Crippen LogP contribution in [0.3, 0.4) is 0 Å². The summed E-state index contributed by atoms with van der Waals surface area (Å²) in [6.45, 7) is 14.1. The minimum atomic E-state index is -0.481. The zero-order valence-electron chi connectivity index (χ0n) is 23.7. The molecule has 1 fully saturated rings. The molecule has 1 aliphatic heterocycles. The Kier molecular flexibility index (Phi) is 10.1. The van der Waals surface area contributed by atoms with E-state index in [-0.39, 0.29) is 17.7 Å². The average molecular weight is 529 g/mol. The molecule has 1 aromatic heterocycles. The van der Waals surface area contributed by atoms with Crippen LogP contribution in [0.25, 0.3) is 0 Å². The maximum atomic E-state index is 12.6. The van der Waals surface area contributed by atoms with Gasteiger partial charge in [-0.3, -0.25) is 9.48 Å². The highest BCUT2D eigenvalue weighted by molar-refractivity contribution is 5.89. The highest BCUT2D eigenvalue weighted by Gasteiger charge is 2.26. The van der Waals surface area contributed by atoms with Gasteiger partial charge in [0.1, 0.15) is 17.1 Å². The molecule has 2 amide bonds. The van der Waals surface area contributed by atoms with E-state index in [1.165, 1.54) is 0 Å². The number of phenolic OH excluding ortho intramolecular Hbond substituents is 1. The number of nitrogens with one attached hydrogen (secondary N) is 1. The van der Waals surface area contributed by atoms with Crippen LogP contribution < -0.4 is 10.1 Å². The molecule has 3 rings (SSSR count). The van der Waals surface area contributed by atoms with Gasteiger partial charge in [-0.25, -0.2) is 4.79 Å². The second-order valence-electron chi connectivity index (χ2n) is 11.7. The number of benzene rings is 1.